The molecule has 0 saturated carbocycles. The topological polar surface area (TPSA) is 44.5 Å². The van der Waals surface area contributed by atoms with Gasteiger partial charge < -0.3 is 15.2 Å². The molecular weight excluding hydrogens is 257 g/mol. The van der Waals surface area contributed by atoms with Crippen molar-refractivity contribution in [1.82, 2.24) is 0 Å². The summed E-state index contributed by atoms with van der Waals surface area (Å²) in [5.41, 5.74) is 6.31. The van der Waals surface area contributed by atoms with Crippen LogP contribution in [0.4, 0.5) is 4.39 Å². The second-order valence-corrected chi connectivity index (χ2v) is 4.34. The molecule has 0 fully saturated rings. The fourth-order valence-corrected chi connectivity index (χ4v) is 1.92. The van der Waals surface area contributed by atoms with Crippen molar-refractivity contribution >= 4 is 0 Å². The fourth-order valence-electron chi connectivity index (χ4n) is 1.92. The molecule has 0 aliphatic heterocycles. The van der Waals surface area contributed by atoms with Gasteiger partial charge in [0.05, 0.1) is 6.61 Å². The van der Waals surface area contributed by atoms with Gasteiger partial charge in [-0.3, -0.25) is 0 Å². The summed E-state index contributed by atoms with van der Waals surface area (Å²) < 4.78 is 24.6. The predicted octanol–water partition coefficient (Wildman–Crippen LogP) is 3.52. The lowest BCUT2D eigenvalue weighted by molar-refractivity contribution is 0.338. The van der Waals surface area contributed by atoms with Crippen LogP contribution in [0.5, 0.6) is 17.2 Å². The molecule has 0 saturated heterocycles. The molecule has 0 bridgehead atoms. The molecule has 0 aliphatic carbocycles. The van der Waals surface area contributed by atoms with Crippen molar-refractivity contribution in [3.63, 3.8) is 0 Å². The van der Waals surface area contributed by atoms with E-state index in [0.29, 0.717) is 31.1 Å². The number of hydrogen-bond acceptors (Lipinski definition) is 3. The van der Waals surface area contributed by atoms with Crippen LogP contribution in [-0.4, -0.2) is 13.2 Å². The van der Waals surface area contributed by atoms with Crippen LogP contribution in [0.1, 0.15) is 12.5 Å². The van der Waals surface area contributed by atoms with Crippen LogP contribution < -0.4 is 15.2 Å². The predicted molar refractivity (Wildman–Crippen MR) is 76.8 cm³/mol. The maximum Gasteiger partial charge on any atom is 0.131 e. The van der Waals surface area contributed by atoms with Gasteiger partial charge in [-0.2, -0.15) is 0 Å². The zero-order valence-electron chi connectivity index (χ0n) is 11.4. The van der Waals surface area contributed by atoms with Crippen LogP contribution in [0.3, 0.4) is 0 Å². The highest BCUT2D eigenvalue weighted by Gasteiger charge is 2.04. The minimum Gasteiger partial charge on any atom is -0.494 e. The number of ether oxygens (including phenoxy) is 2. The third kappa shape index (κ3) is 3.96. The van der Waals surface area contributed by atoms with E-state index in [1.54, 1.807) is 18.2 Å². The molecule has 0 aromatic heterocycles. The monoisotopic (exact) mass is 275 g/mol. The minimum atomic E-state index is -0.327. The third-order valence-electron chi connectivity index (χ3n) is 2.72. The lowest BCUT2D eigenvalue weighted by Gasteiger charge is -2.09. The molecule has 0 unspecified atom stereocenters. The van der Waals surface area contributed by atoms with E-state index >= 15 is 0 Å². The molecule has 0 atom stereocenters. The first-order valence-electron chi connectivity index (χ1n) is 6.61. The molecule has 4 heteroatoms. The summed E-state index contributed by atoms with van der Waals surface area (Å²) in [5.74, 6) is 1.47. The van der Waals surface area contributed by atoms with Crippen molar-refractivity contribution in [2.75, 3.05) is 13.2 Å². The molecule has 0 radical (unpaired) electrons. The van der Waals surface area contributed by atoms with E-state index in [0.717, 1.165) is 11.3 Å². The highest BCUT2D eigenvalue weighted by molar-refractivity contribution is 5.38. The Bertz CT molecular complexity index is 572. The van der Waals surface area contributed by atoms with Crippen LogP contribution in [-0.2, 0) is 6.42 Å². The van der Waals surface area contributed by atoms with E-state index in [2.05, 4.69) is 0 Å². The zero-order chi connectivity index (χ0) is 14.4. The lowest BCUT2D eigenvalue weighted by Crippen LogP contribution is -2.03. The highest BCUT2D eigenvalue weighted by atomic mass is 19.1. The van der Waals surface area contributed by atoms with Gasteiger partial charge in [-0.15, -0.1) is 0 Å². The Morgan fingerprint density at radius 2 is 1.85 bits per heavy atom. The van der Waals surface area contributed by atoms with E-state index in [4.69, 9.17) is 15.2 Å². The number of nitrogens with two attached hydrogens (primary N) is 1. The van der Waals surface area contributed by atoms with Gasteiger partial charge in [0, 0.05) is 12.1 Å². The number of hydrogen-bond donors (Lipinski definition) is 1. The van der Waals surface area contributed by atoms with Gasteiger partial charge in [-0.05, 0) is 49.7 Å². The Morgan fingerprint density at radius 3 is 2.60 bits per heavy atom. The molecule has 2 aromatic rings. The molecule has 0 amide bonds. The van der Waals surface area contributed by atoms with Crippen molar-refractivity contribution in [3.8, 4) is 17.2 Å². The molecule has 0 spiro atoms. The summed E-state index contributed by atoms with van der Waals surface area (Å²) in [4.78, 5) is 0. The van der Waals surface area contributed by atoms with E-state index in [9.17, 15) is 4.39 Å². The molecule has 0 heterocycles. The molecule has 2 N–H and O–H groups in total. The van der Waals surface area contributed by atoms with Crippen LogP contribution in [0.25, 0.3) is 0 Å². The summed E-state index contributed by atoms with van der Waals surface area (Å²) in [6.45, 7) is 2.98. The average molecular weight is 275 g/mol. The van der Waals surface area contributed by atoms with E-state index in [1.807, 2.05) is 19.1 Å². The third-order valence-corrected chi connectivity index (χ3v) is 2.72. The van der Waals surface area contributed by atoms with Gasteiger partial charge in [-0.1, -0.05) is 6.07 Å². The van der Waals surface area contributed by atoms with Gasteiger partial charge in [0.15, 0.2) is 0 Å². The van der Waals surface area contributed by atoms with Crippen LogP contribution in [0.2, 0.25) is 0 Å². The van der Waals surface area contributed by atoms with E-state index < -0.39 is 0 Å². The van der Waals surface area contributed by atoms with E-state index in [-0.39, 0.29) is 5.82 Å². The first-order valence-corrected chi connectivity index (χ1v) is 6.61. The number of halogens is 1. The fraction of sp³-hybridized carbons (Fsp3) is 0.250. The Morgan fingerprint density at radius 1 is 1.05 bits per heavy atom. The van der Waals surface area contributed by atoms with Gasteiger partial charge in [0.1, 0.15) is 23.1 Å². The number of benzene rings is 2. The normalized spacial score (nSPS) is 10.3. The van der Waals surface area contributed by atoms with Crippen molar-refractivity contribution in [1.29, 1.82) is 0 Å². The van der Waals surface area contributed by atoms with Crippen molar-refractivity contribution in [2.24, 2.45) is 5.73 Å². The molecular formula is C16H18FNO2. The van der Waals surface area contributed by atoms with Crippen LogP contribution in [0, 0.1) is 5.82 Å². The molecule has 106 valence electrons. The van der Waals surface area contributed by atoms with Crippen LogP contribution in [0.15, 0.2) is 42.5 Å². The lowest BCUT2D eigenvalue weighted by atomic mass is 10.1. The highest BCUT2D eigenvalue weighted by Crippen LogP contribution is 2.26. The minimum absolute atomic E-state index is 0.327. The van der Waals surface area contributed by atoms with Gasteiger partial charge >= 0.3 is 0 Å². The smallest absolute Gasteiger partial charge is 0.131 e. The summed E-state index contributed by atoms with van der Waals surface area (Å²) in [7, 11) is 0. The molecule has 0 aliphatic rings. The molecule has 20 heavy (non-hydrogen) atoms. The Labute approximate surface area is 118 Å². The Hall–Kier alpha value is -2.07. The Balaban J connectivity index is 2.18. The van der Waals surface area contributed by atoms with Crippen LogP contribution >= 0.6 is 0 Å². The van der Waals surface area contributed by atoms with Crippen molar-refractivity contribution in [3.05, 3.63) is 53.8 Å². The molecule has 2 rings (SSSR count). The summed E-state index contributed by atoms with van der Waals surface area (Å²) in [5, 5.41) is 0. The molecule has 3 nitrogen and oxygen atoms in total. The van der Waals surface area contributed by atoms with Gasteiger partial charge in [0.2, 0.25) is 0 Å². The maximum absolute atomic E-state index is 13.5. The van der Waals surface area contributed by atoms with Gasteiger partial charge in [-0.25, -0.2) is 4.39 Å². The second-order valence-electron chi connectivity index (χ2n) is 4.34. The first kappa shape index (κ1) is 14.3. The zero-order valence-corrected chi connectivity index (χ0v) is 11.4. The number of rotatable bonds is 6. The molecule has 2 aromatic carbocycles. The maximum atomic E-state index is 13.5. The van der Waals surface area contributed by atoms with Gasteiger partial charge in [0.25, 0.3) is 0 Å². The standard InChI is InChI=1S/C16H18FNO2/c1-2-19-14-4-3-5-15(11-14)20-16-9-12(6-7-18)8-13(17)10-16/h3-5,8-11H,2,6-7,18H2,1H3. The largest absolute Gasteiger partial charge is 0.494 e. The second kappa shape index (κ2) is 6.91. The quantitative estimate of drug-likeness (QED) is 0.877. The first-order chi connectivity index (χ1) is 9.71. The van der Waals surface area contributed by atoms with Crippen molar-refractivity contribution in [2.45, 2.75) is 13.3 Å². The van der Waals surface area contributed by atoms with E-state index in [1.165, 1.54) is 12.1 Å². The summed E-state index contributed by atoms with van der Waals surface area (Å²) in [6, 6.07) is 11.9. The Kier molecular flexibility index (Phi) is 4.96. The summed E-state index contributed by atoms with van der Waals surface area (Å²) in [6.07, 6.45) is 0.618. The summed E-state index contributed by atoms with van der Waals surface area (Å²) >= 11 is 0. The van der Waals surface area contributed by atoms with Crippen molar-refractivity contribution < 1.29 is 13.9 Å². The average Bonchev–Trinajstić information content (AvgIpc) is 2.39. The SMILES string of the molecule is CCOc1cccc(Oc2cc(F)cc(CCN)c2)c1.